The number of nitrogens with one attached hydrogen (secondary N) is 4. The number of hydrogen-bond donors (Lipinski definition) is 4. The van der Waals surface area contributed by atoms with Crippen molar-refractivity contribution in [3.05, 3.63) is 83.7 Å². The largest absolute Gasteiger partial charge is 0.453 e. The Morgan fingerprint density at radius 3 is 1.38 bits per heavy atom. The summed E-state index contributed by atoms with van der Waals surface area (Å²) in [6, 6.07) is 14.0. The highest BCUT2D eigenvalue weighted by molar-refractivity contribution is 5.87. The van der Waals surface area contributed by atoms with Gasteiger partial charge in [0.2, 0.25) is 11.8 Å². The van der Waals surface area contributed by atoms with Crippen LogP contribution >= 0.6 is 0 Å². The molecular weight excluding hydrogens is 713 g/mol. The lowest BCUT2D eigenvalue weighted by molar-refractivity contribution is -0.136. The predicted molar refractivity (Wildman–Crippen MR) is 210 cm³/mol. The van der Waals surface area contributed by atoms with E-state index in [-0.39, 0.29) is 35.7 Å². The van der Waals surface area contributed by atoms with Crippen molar-refractivity contribution >= 4 is 24.0 Å². The topological polar surface area (TPSA) is 175 Å². The lowest BCUT2D eigenvalue weighted by atomic mass is 10.0. The third kappa shape index (κ3) is 8.88. The Bertz CT molecular complexity index is 1930. The molecule has 0 radical (unpaired) electrons. The van der Waals surface area contributed by atoms with E-state index in [2.05, 4.69) is 42.4 Å². The fourth-order valence-corrected chi connectivity index (χ4v) is 7.30. The highest BCUT2D eigenvalue weighted by Gasteiger charge is 2.39. The van der Waals surface area contributed by atoms with Crippen molar-refractivity contribution in [1.82, 2.24) is 40.4 Å². The quantitative estimate of drug-likeness (QED) is 0.143. The van der Waals surface area contributed by atoms with Crippen LogP contribution in [0.1, 0.15) is 88.2 Å². The molecule has 4 N–H and O–H groups in total. The number of benzene rings is 2. The molecule has 4 amide bonds. The lowest BCUT2D eigenvalue weighted by Crippen LogP contribution is -2.51. The standard InChI is InChI=1S/C42H50N8O6/c1-25(2)35(47-41(53)55-5)39(51)49-21-7-9-33(49)37-43-23-31(45-37)29-17-13-27(14-18-29)11-12-28-15-19-30(20-16-28)32-24-44-38(46-32)34-10-8-22-50(34)40(52)36(26(3)4)48-42(54)56-6/h13-20,23-26,33-36H,7-10,21-22H2,1-6H3,(H,43,45)(H,44,46)(H,47,53)(H,48,54). The summed E-state index contributed by atoms with van der Waals surface area (Å²) in [6.07, 6.45) is 5.55. The summed E-state index contributed by atoms with van der Waals surface area (Å²) in [5, 5.41) is 5.37. The molecule has 56 heavy (non-hydrogen) atoms. The highest BCUT2D eigenvalue weighted by Crippen LogP contribution is 2.34. The molecule has 2 aromatic heterocycles. The molecular formula is C42H50N8O6. The average molecular weight is 763 g/mol. The van der Waals surface area contributed by atoms with Crippen molar-refractivity contribution in [3.63, 3.8) is 0 Å². The molecule has 2 saturated heterocycles. The van der Waals surface area contributed by atoms with Crippen LogP contribution in [-0.2, 0) is 19.1 Å². The molecule has 0 saturated carbocycles. The van der Waals surface area contributed by atoms with Crippen LogP contribution in [0.15, 0.2) is 60.9 Å². The molecule has 4 unspecified atom stereocenters. The van der Waals surface area contributed by atoms with Crippen molar-refractivity contribution in [2.24, 2.45) is 11.8 Å². The van der Waals surface area contributed by atoms with E-state index >= 15 is 0 Å². The van der Waals surface area contributed by atoms with E-state index in [0.717, 1.165) is 59.3 Å². The van der Waals surface area contributed by atoms with Crippen LogP contribution in [-0.4, -0.2) is 93.1 Å². The number of H-pyrrole nitrogens is 2. The minimum Gasteiger partial charge on any atom is -0.453 e. The number of carbonyl (C=O) groups is 4. The number of aromatic amines is 2. The Labute approximate surface area is 327 Å². The van der Waals surface area contributed by atoms with Gasteiger partial charge in [-0.15, -0.1) is 0 Å². The summed E-state index contributed by atoms with van der Waals surface area (Å²) in [5.74, 6) is 7.41. The predicted octanol–water partition coefficient (Wildman–Crippen LogP) is 5.95. The molecule has 2 aromatic carbocycles. The van der Waals surface area contributed by atoms with Gasteiger partial charge in [0.1, 0.15) is 23.7 Å². The number of methoxy groups -OCH3 is 2. The first-order valence-corrected chi connectivity index (χ1v) is 19.1. The van der Waals surface area contributed by atoms with Crippen LogP contribution in [0, 0.1) is 23.7 Å². The van der Waals surface area contributed by atoms with E-state index in [1.807, 2.05) is 76.2 Å². The van der Waals surface area contributed by atoms with Crippen LogP contribution in [0.5, 0.6) is 0 Å². The minimum atomic E-state index is -0.690. The number of nitrogens with zero attached hydrogens (tertiary/aromatic N) is 4. The van der Waals surface area contributed by atoms with Crippen molar-refractivity contribution in [3.8, 4) is 34.4 Å². The normalized spacial score (nSPS) is 17.6. The Morgan fingerprint density at radius 2 is 1.04 bits per heavy atom. The summed E-state index contributed by atoms with van der Waals surface area (Å²) >= 11 is 0. The van der Waals surface area contributed by atoms with Gasteiger partial charge in [-0.3, -0.25) is 9.59 Å². The minimum absolute atomic E-state index is 0.106. The maximum absolute atomic E-state index is 13.5. The maximum Gasteiger partial charge on any atom is 0.407 e. The number of hydrogen-bond acceptors (Lipinski definition) is 8. The molecule has 0 spiro atoms. The van der Waals surface area contributed by atoms with E-state index in [1.54, 1.807) is 22.2 Å². The van der Waals surface area contributed by atoms with Crippen LogP contribution in [0.2, 0.25) is 0 Å². The molecule has 4 heterocycles. The second kappa shape index (κ2) is 17.6. The van der Waals surface area contributed by atoms with Gasteiger partial charge in [-0.05, 0) is 72.9 Å². The zero-order valence-electron chi connectivity index (χ0n) is 32.7. The fraction of sp³-hybridized carbons (Fsp3) is 0.429. The molecule has 294 valence electrons. The van der Waals surface area contributed by atoms with Crippen molar-refractivity contribution < 1.29 is 28.7 Å². The Kier molecular flexibility index (Phi) is 12.4. The average Bonchev–Trinajstić information content (AvgIpc) is 4.04. The molecule has 14 heteroatoms. The van der Waals surface area contributed by atoms with Gasteiger partial charge < -0.3 is 39.9 Å². The van der Waals surface area contributed by atoms with Crippen molar-refractivity contribution in [1.29, 1.82) is 0 Å². The molecule has 2 aliphatic rings. The molecule has 2 fully saturated rings. The first kappa shape index (κ1) is 39.6. The van der Waals surface area contributed by atoms with Gasteiger partial charge in [0, 0.05) is 24.2 Å². The van der Waals surface area contributed by atoms with Crippen LogP contribution < -0.4 is 10.6 Å². The number of carbonyl (C=O) groups excluding carboxylic acids is 4. The number of likely N-dealkylation sites (tertiary alicyclic amines) is 2. The van der Waals surface area contributed by atoms with Gasteiger partial charge in [0.25, 0.3) is 0 Å². The van der Waals surface area contributed by atoms with Gasteiger partial charge in [-0.2, -0.15) is 0 Å². The van der Waals surface area contributed by atoms with E-state index in [9.17, 15) is 19.2 Å². The number of alkyl carbamates (subject to hydrolysis) is 2. The van der Waals surface area contributed by atoms with Gasteiger partial charge in [-0.25, -0.2) is 19.6 Å². The smallest absolute Gasteiger partial charge is 0.407 e. The summed E-state index contributed by atoms with van der Waals surface area (Å²) in [7, 11) is 2.57. The first-order chi connectivity index (χ1) is 27.0. The van der Waals surface area contributed by atoms with Gasteiger partial charge >= 0.3 is 12.2 Å². The number of ether oxygens (including phenoxy) is 2. The Morgan fingerprint density at radius 1 is 0.661 bits per heavy atom. The molecule has 4 atom stereocenters. The summed E-state index contributed by atoms with van der Waals surface area (Å²) in [5.41, 5.74) is 5.29. The Hall–Kier alpha value is -6.10. The molecule has 6 rings (SSSR count). The van der Waals surface area contributed by atoms with Crippen LogP contribution in [0.3, 0.4) is 0 Å². The zero-order chi connectivity index (χ0) is 39.9. The van der Waals surface area contributed by atoms with Crippen LogP contribution in [0.4, 0.5) is 9.59 Å². The van der Waals surface area contributed by atoms with Crippen molar-refractivity contribution in [2.75, 3.05) is 27.3 Å². The second-order valence-electron chi connectivity index (χ2n) is 14.9. The molecule has 2 aliphatic heterocycles. The van der Waals surface area contributed by atoms with E-state index in [1.165, 1.54) is 14.2 Å². The number of amides is 4. The monoisotopic (exact) mass is 762 g/mol. The second-order valence-corrected chi connectivity index (χ2v) is 14.9. The SMILES string of the molecule is COC(=O)NC(C(=O)N1CCCC1c1ncc(-c2ccc(C#Cc3ccc(-c4cnc(C5CCCN5C(=O)C(NC(=O)OC)C(C)C)[nH]4)cc3)cc2)[nH]1)C(C)C. The molecule has 0 bridgehead atoms. The number of imidazole rings is 2. The lowest BCUT2D eigenvalue weighted by Gasteiger charge is -2.30. The highest BCUT2D eigenvalue weighted by atomic mass is 16.5. The third-order valence-electron chi connectivity index (χ3n) is 10.4. The number of rotatable bonds is 10. The molecule has 0 aliphatic carbocycles. The maximum atomic E-state index is 13.5. The first-order valence-electron chi connectivity index (χ1n) is 19.1. The van der Waals surface area contributed by atoms with E-state index in [0.29, 0.717) is 24.7 Å². The Balaban J connectivity index is 1.08. The van der Waals surface area contributed by atoms with E-state index in [4.69, 9.17) is 9.47 Å². The summed E-state index contributed by atoms with van der Waals surface area (Å²) < 4.78 is 9.49. The summed E-state index contributed by atoms with van der Waals surface area (Å²) in [6.45, 7) is 8.76. The molecule has 4 aromatic rings. The van der Waals surface area contributed by atoms with E-state index < -0.39 is 24.3 Å². The van der Waals surface area contributed by atoms with Crippen LogP contribution in [0.25, 0.3) is 22.5 Å². The third-order valence-corrected chi connectivity index (χ3v) is 10.4. The van der Waals surface area contributed by atoms with Gasteiger partial charge in [-0.1, -0.05) is 63.8 Å². The van der Waals surface area contributed by atoms with Gasteiger partial charge in [0.15, 0.2) is 0 Å². The number of aromatic nitrogens is 4. The van der Waals surface area contributed by atoms with Crippen molar-refractivity contribution in [2.45, 2.75) is 77.5 Å². The van der Waals surface area contributed by atoms with Gasteiger partial charge in [0.05, 0.1) is 50.1 Å². The molecule has 14 nitrogen and oxygen atoms in total. The zero-order valence-corrected chi connectivity index (χ0v) is 32.7. The summed E-state index contributed by atoms with van der Waals surface area (Å²) in [4.78, 5) is 70.5. The fourth-order valence-electron chi connectivity index (χ4n) is 7.30.